The van der Waals surface area contributed by atoms with Gasteiger partial charge in [0.05, 0.1) is 20.0 Å². The SMILES string of the molecule is Cc1ccc(C(C)S(C)(=O)=Nc2ccc(Cl)cn2)cn1. The Morgan fingerprint density at radius 2 is 1.95 bits per heavy atom. The van der Waals surface area contributed by atoms with E-state index in [-0.39, 0.29) is 5.25 Å². The number of halogens is 1. The molecule has 2 unspecified atom stereocenters. The average molecular weight is 310 g/mol. The van der Waals surface area contributed by atoms with Crippen molar-refractivity contribution in [3.05, 3.63) is 52.9 Å². The number of rotatable bonds is 3. The summed E-state index contributed by atoms with van der Waals surface area (Å²) in [6.45, 7) is 3.80. The molecule has 0 aliphatic rings. The highest BCUT2D eigenvalue weighted by molar-refractivity contribution is 7.93. The van der Waals surface area contributed by atoms with E-state index in [9.17, 15) is 4.21 Å². The molecule has 2 heterocycles. The quantitative estimate of drug-likeness (QED) is 0.863. The van der Waals surface area contributed by atoms with E-state index >= 15 is 0 Å². The molecule has 0 saturated heterocycles. The normalized spacial score (nSPS) is 15.4. The molecule has 0 aliphatic heterocycles. The van der Waals surface area contributed by atoms with Gasteiger partial charge in [-0.15, -0.1) is 0 Å². The van der Waals surface area contributed by atoms with Crippen molar-refractivity contribution in [2.45, 2.75) is 19.1 Å². The third-order valence-electron chi connectivity index (χ3n) is 3.05. The minimum atomic E-state index is -2.46. The largest absolute Gasteiger partial charge is 0.261 e. The van der Waals surface area contributed by atoms with E-state index in [1.807, 2.05) is 26.0 Å². The van der Waals surface area contributed by atoms with Gasteiger partial charge in [-0.3, -0.25) is 4.98 Å². The van der Waals surface area contributed by atoms with Gasteiger partial charge in [-0.2, -0.15) is 4.36 Å². The fourth-order valence-corrected chi connectivity index (χ4v) is 3.05. The standard InChI is InChI=1S/C14H16ClN3OS/c1-10-4-5-12(8-16-10)11(2)20(3,19)18-14-7-6-13(15)9-17-14/h4-9,11H,1-3H3. The summed E-state index contributed by atoms with van der Waals surface area (Å²) in [6, 6.07) is 7.18. The zero-order chi connectivity index (χ0) is 14.8. The first kappa shape index (κ1) is 14.9. The Kier molecular flexibility index (Phi) is 4.40. The highest BCUT2D eigenvalue weighted by Crippen LogP contribution is 2.25. The Balaban J connectivity index is 2.36. The number of nitrogens with zero attached hydrogens (tertiary/aromatic N) is 3. The van der Waals surface area contributed by atoms with E-state index in [4.69, 9.17) is 11.6 Å². The Labute approximate surface area is 124 Å². The molecule has 0 N–H and O–H groups in total. The molecule has 2 aromatic rings. The van der Waals surface area contributed by atoms with Crippen LogP contribution < -0.4 is 0 Å². The lowest BCUT2D eigenvalue weighted by molar-refractivity contribution is 0.673. The van der Waals surface area contributed by atoms with Crippen molar-refractivity contribution < 1.29 is 4.21 Å². The van der Waals surface area contributed by atoms with E-state index in [2.05, 4.69) is 14.3 Å². The van der Waals surface area contributed by atoms with Crippen LogP contribution in [0.15, 0.2) is 41.0 Å². The smallest absolute Gasteiger partial charge is 0.161 e. The Bertz CT molecular complexity index is 704. The minimum Gasteiger partial charge on any atom is -0.261 e. The maximum absolute atomic E-state index is 12.8. The lowest BCUT2D eigenvalue weighted by Crippen LogP contribution is -2.08. The van der Waals surface area contributed by atoms with Crippen LogP contribution in [0.1, 0.15) is 23.4 Å². The zero-order valence-corrected chi connectivity index (χ0v) is 13.1. The van der Waals surface area contributed by atoms with Crippen molar-refractivity contribution in [3.63, 3.8) is 0 Å². The van der Waals surface area contributed by atoms with Crippen LogP contribution in [-0.2, 0) is 9.73 Å². The predicted molar refractivity (Wildman–Crippen MR) is 82.8 cm³/mol. The van der Waals surface area contributed by atoms with Crippen molar-refractivity contribution >= 4 is 27.1 Å². The van der Waals surface area contributed by atoms with Gasteiger partial charge in [-0.1, -0.05) is 17.7 Å². The second-order valence-corrected chi connectivity index (χ2v) is 7.71. The fourth-order valence-electron chi connectivity index (χ4n) is 1.66. The summed E-state index contributed by atoms with van der Waals surface area (Å²) in [6.07, 6.45) is 4.87. The van der Waals surface area contributed by atoms with Crippen LogP contribution in [0.4, 0.5) is 5.82 Å². The lowest BCUT2D eigenvalue weighted by atomic mass is 10.2. The molecule has 2 rings (SSSR count). The Morgan fingerprint density at radius 1 is 1.20 bits per heavy atom. The highest BCUT2D eigenvalue weighted by atomic mass is 35.5. The number of hydrogen-bond acceptors (Lipinski definition) is 4. The van der Waals surface area contributed by atoms with Gasteiger partial charge in [0.15, 0.2) is 5.82 Å². The predicted octanol–water partition coefficient (Wildman–Crippen LogP) is 3.93. The average Bonchev–Trinajstić information content (AvgIpc) is 2.41. The maximum atomic E-state index is 12.8. The van der Waals surface area contributed by atoms with Crippen molar-refractivity contribution in [1.29, 1.82) is 0 Å². The summed E-state index contributed by atoms with van der Waals surface area (Å²) in [4.78, 5) is 8.29. The Hall–Kier alpha value is -1.46. The van der Waals surface area contributed by atoms with Gasteiger partial charge < -0.3 is 0 Å². The minimum absolute atomic E-state index is 0.229. The number of aromatic nitrogens is 2. The van der Waals surface area contributed by atoms with Gasteiger partial charge in [0.2, 0.25) is 0 Å². The van der Waals surface area contributed by atoms with E-state index < -0.39 is 9.73 Å². The highest BCUT2D eigenvalue weighted by Gasteiger charge is 2.16. The van der Waals surface area contributed by atoms with E-state index in [1.54, 1.807) is 24.6 Å². The van der Waals surface area contributed by atoms with Crippen LogP contribution in [0.25, 0.3) is 0 Å². The second-order valence-electron chi connectivity index (χ2n) is 4.66. The molecule has 0 aromatic carbocycles. The van der Waals surface area contributed by atoms with Crippen LogP contribution in [-0.4, -0.2) is 20.4 Å². The van der Waals surface area contributed by atoms with Crippen LogP contribution in [0.3, 0.4) is 0 Å². The topological polar surface area (TPSA) is 55.2 Å². The fraction of sp³-hybridized carbons (Fsp3) is 0.286. The molecule has 0 bridgehead atoms. The van der Waals surface area contributed by atoms with Crippen LogP contribution in [0.5, 0.6) is 0 Å². The van der Waals surface area contributed by atoms with Gasteiger partial charge in [0.1, 0.15) is 0 Å². The number of hydrogen-bond donors (Lipinski definition) is 0. The second kappa shape index (κ2) is 5.89. The molecule has 20 heavy (non-hydrogen) atoms. The van der Waals surface area contributed by atoms with Gasteiger partial charge in [0.25, 0.3) is 0 Å². The van der Waals surface area contributed by atoms with Crippen molar-refractivity contribution in [3.8, 4) is 0 Å². The molecule has 0 amide bonds. The molecule has 2 aromatic heterocycles. The van der Waals surface area contributed by atoms with Gasteiger partial charge in [-0.25, -0.2) is 9.19 Å². The van der Waals surface area contributed by atoms with Gasteiger partial charge in [0, 0.05) is 24.3 Å². The summed E-state index contributed by atoms with van der Waals surface area (Å²) < 4.78 is 17.0. The first-order chi connectivity index (χ1) is 9.38. The Morgan fingerprint density at radius 3 is 2.50 bits per heavy atom. The molecule has 0 saturated carbocycles. The van der Waals surface area contributed by atoms with Crippen molar-refractivity contribution in [2.24, 2.45) is 4.36 Å². The van der Waals surface area contributed by atoms with Gasteiger partial charge >= 0.3 is 0 Å². The van der Waals surface area contributed by atoms with Gasteiger partial charge in [-0.05, 0) is 37.6 Å². The zero-order valence-electron chi connectivity index (χ0n) is 11.6. The van der Waals surface area contributed by atoms with Crippen LogP contribution in [0, 0.1) is 6.92 Å². The van der Waals surface area contributed by atoms with Crippen molar-refractivity contribution in [2.75, 3.05) is 6.26 Å². The lowest BCUT2D eigenvalue weighted by Gasteiger charge is -2.13. The third-order valence-corrected chi connectivity index (χ3v) is 5.40. The molecular weight excluding hydrogens is 294 g/mol. The molecule has 4 nitrogen and oxygen atoms in total. The molecule has 0 spiro atoms. The third kappa shape index (κ3) is 3.55. The molecule has 0 aliphatic carbocycles. The molecule has 106 valence electrons. The molecule has 0 radical (unpaired) electrons. The number of aryl methyl sites for hydroxylation is 1. The van der Waals surface area contributed by atoms with E-state index in [0.29, 0.717) is 10.8 Å². The monoisotopic (exact) mass is 309 g/mol. The summed E-state index contributed by atoms with van der Waals surface area (Å²) in [5.41, 5.74) is 1.83. The van der Waals surface area contributed by atoms with Crippen LogP contribution >= 0.6 is 11.6 Å². The molecule has 2 atom stereocenters. The van der Waals surface area contributed by atoms with E-state index in [1.165, 1.54) is 6.20 Å². The first-order valence-corrected chi connectivity index (χ1v) is 8.50. The molecular formula is C14H16ClN3OS. The maximum Gasteiger partial charge on any atom is 0.161 e. The van der Waals surface area contributed by atoms with Crippen LogP contribution in [0.2, 0.25) is 5.02 Å². The summed E-state index contributed by atoms with van der Waals surface area (Å²) in [5.74, 6) is 0.425. The van der Waals surface area contributed by atoms with E-state index in [0.717, 1.165) is 11.3 Å². The number of pyridine rings is 2. The summed E-state index contributed by atoms with van der Waals surface area (Å²) in [5, 5.41) is 0.301. The molecule has 0 fully saturated rings. The first-order valence-electron chi connectivity index (χ1n) is 6.13. The summed E-state index contributed by atoms with van der Waals surface area (Å²) >= 11 is 5.77. The van der Waals surface area contributed by atoms with Crippen molar-refractivity contribution in [1.82, 2.24) is 9.97 Å². The molecule has 6 heteroatoms. The summed E-state index contributed by atoms with van der Waals surface area (Å²) in [7, 11) is -2.46.